The maximum atomic E-state index is 12.0. The number of carbonyl (C=O) groups is 1. The lowest BCUT2D eigenvalue weighted by atomic mass is 9.94. The van der Waals surface area contributed by atoms with E-state index in [2.05, 4.69) is 32.6 Å². The van der Waals surface area contributed by atoms with E-state index in [9.17, 15) is 4.79 Å². The first-order chi connectivity index (χ1) is 13.8. The SMILES string of the molecule is O=C(Nc1ccc(N2CCN(CCC3CCNCC3)CC2)cc1)c1ccco1. The van der Waals surface area contributed by atoms with Gasteiger partial charge in [-0.1, -0.05) is 0 Å². The Balaban J connectivity index is 1.22. The molecule has 2 N–H and O–H groups in total. The first kappa shape index (κ1) is 19.0. The van der Waals surface area contributed by atoms with Gasteiger partial charge in [0.2, 0.25) is 0 Å². The van der Waals surface area contributed by atoms with Crippen LogP contribution in [0.3, 0.4) is 0 Å². The maximum absolute atomic E-state index is 12.0. The summed E-state index contributed by atoms with van der Waals surface area (Å²) >= 11 is 0. The lowest BCUT2D eigenvalue weighted by molar-refractivity contribution is 0.0996. The van der Waals surface area contributed by atoms with E-state index >= 15 is 0 Å². The lowest BCUT2D eigenvalue weighted by Gasteiger charge is -2.37. The van der Waals surface area contributed by atoms with Crippen LogP contribution < -0.4 is 15.5 Å². The van der Waals surface area contributed by atoms with E-state index in [1.54, 1.807) is 12.1 Å². The molecule has 0 saturated carbocycles. The van der Waals surface area contributed by atoms with Gasteiger partial charge in [0.15, 0.2) is 5.76 Å². The number of nitrogens with one attached hydrogen (secondary N) is 2. The second-order valence-electron chi connectivity index (χ2n) is 7.79. The molecule has 6 nitrogen and oxygen atoms in total. The zero-order valence-corrected chi connectivity index (χ0v) is 16.4. The Hall–Kier alpha value is -2.31. The maximum Gasteiger partial charge on any atom is 0.291 e. The average Bonchev–Trinajstić information content (AvgIpc) is 3.29. The number of piperidine rings is 1. The summed E-state index contributed by atoms with van der Waals surface area (Å²) in [5.41, 5.74) is 2.00. The fourth-order valence-corrected chi connectivity index (χ4v) is 4.12. The summed E-state index contributed by atoms with van der Waals surface area (Å²) in [6.45, 7) is 7.99. The minimum Gasteiger partial charge on any atom is -0.459 e. The van der Waals surface area contributed by atoms with Crippen LogP contribution in [0.15, 0.2) is 47.1 Å². The third-order valence-corrected chi connectivity index (χ3v) is 5.92. The molecule has 2 saturated heterocycles. The molecule has 1 aromatic heterocycles. The van der Waals surface area contributed by atoms with E-state index in [-0.39, 0.29) is 5.91 Å². The molecule has 0 atom stereocenters. The molecule has 2 aromatic rings. The van der Waals surface area contributed by atoms with Gasteiger partial charge in [-0.3, -0.25) is 9.69 Å². The number of piperazine rings is 1. The second kappa shape index (κ2) is 9.26. The van der Waals surface area contributed by atoms with Gasteiger partial charge in [-0.05, 0) is 81.2 Å². The Morgan fingerprint density at radius 2 is 1.82 bits per heavy atom. The number of amides is 1. The van der Waals surface area contributed by atoms with E-state index in [1.807, 2.05) is 12.1 Å². The van der Waals surface area contributed by atoms with Crippen molar-refractivity contribution < 1.29 is 9.21 Å². The normalized spacial score (nSPS) is 18.9. The molecule has 0 aliphatic carbocycles. The Morgan fingerprint density at radius 3 is 2.50 bits per heavy atom. The van der Waals surface area contributed by atoms with E-state index in [1.165, 1.54) is 50.8 Å². The summed E-state index contributed by atoms with van der Waals surface area (Å²) in [6.07, 6.45) is 5.52. The van der Waals surface area contributed by atoms with E-state index < -0.39 is 0 Å². The van der Waals surface area contributed by atoms with Gasteiger partial charge in [0, 0.05) is 37.6 Å². The number of benzene rings is 1. The molecule has 0 radical (unpaired) electrons. The molecular weight excluding hydrogens is 352 g/mol. The summed E-state index contributed by atoms with van der Waals surface area (Å²) in [6, 6.07) is 11.5. The number of hydrogen-bond acceptors (Lipinski definition) is 5. The Kier molecular flexibility index (Phi) is 6.29. The highest BCUT2D eigenvalue weighted by atomic mass is 16.3. The quantitative estimate of drug-likeness (QED) is 0.804. The zero-order valence-electron chi connectivity index (χ0n) is 16.4. The molecule has 150 valence electrons. The van der Waals surface area contributed by atoms with E-state index in [0.717, 1.165) is 37.8 Å². The number of anilines is 2. The van der Waals surface area contributed by atoms with Crippen molar-refractivity contribution in [2.75, 3.05) is 56.0 Å². The molecule has 3 heterocycles. The predicted molar refractivity (Wildman–Crippen MR) is 112 cm³/mol. The molecule has 4 rings (SSSR count). The van der Waals surface area contributed by atoms with Crippen molar-refractivity contribution >= 4 is 17.3 Å². The van der Waals surface area contributed by atoms with Crippen LogP contribution >= 0.6 is 0 Å². The second-order valence-corrected chi connectivity index (χ2v) is 7.79. The largest absolute Gasteiger partial charge is 0.459 e. The van der Waals surface area contributed by atoms with Crippen molar-refractivity contribution in [2.24, 2.45) is 5.92 Å². The van der Waals surface area contributed by atoms with Gasteiger partial charge in [0.05, 0.1) is 6.26 Å². The number of furan rings is 1. The molecule has 0 unspecified atom stereocenters. The standard InChI is InChI=1S/C22H30N4O2/c27-22(21-2-1-17-28-21)24-19-3-5-20(6-4-19)26-15-13-25(14-16-26)12-9-18-7-10-23-11-8-18/h1-6,17-18,23H,7-16H2,(H,24,27). The van der Waals surface area contributed by atoms with Crippen molar-refractivity contribution in [2.45, 2.75) is 19.3 Å². The van der Waals surface area contributed by atoms with Gasteiger partial charge in [0.25, 0.3) is 5.91 Å². The first-order valence-corrected chi connectivity index (χ1v) is 10.4. The molecule has 0 spiro atoms. The number of hydrogen-bond donors (Lipinski definition) is 2. The monoisotopic (exact) mass is 382 g/mol. The van der Waals surface area contributed by atoms with Crippen LogP contribution in [0.5, 0.6) is 0 Å². The van der Waals surface area contributed by atoms with Crippen LogP contribution in [-0.4, -0.2) is 56.6 Å². The van der Waals surface area contributed by atoms with Crippen LogP contribution in [0.2, 0.25) is 0 Å². The Labute approximate surface area is 166 Å². The van der Waals surface area contributed by atoms with Gasteiger partial charge in [-0.2, -0.15) is 0 Å². The van der Waals surface area contributed by atoms with Crippen LogP contribution in [0, 0.1) is 5.92 Å². The minimum absolute atomic E-state index is 0.222. The van der Waals surface area contributed by atoms with Gasteiger partial charge < -0.3 is 20.0 Å². The minimum atomic E-state index is -0.222. The van der Waals surface area contributed by atoms with Gasteiger partial charge in [0.1, 0.15) is 0 Å². The fourth-order valence-electron chi connectivity index (χ4n) is 4.12. The van der Waals surface area contributed by atoms with Crippen molar-refractivity contribution in [3.8, 4) is 0 Å². The van der Waals surface area contributed by atoms with Crippen LogP contribution in [0.4, 0.5) is 11.4 Å². The fraction of sp³-hybridized carbons (Fsp3) is 0.500. The smallest absolute Gasteiger partial charge is 0.291 e. The number of carbonyl (C=O) groups excluding carboxylic acids is 1. The van der Waals surface area contributed by atoms with Crippen molar-refractivity contribution in [1.29, 1.82) is 0 Å². The molecule has 28 heavy (non-hydrogen) atoms. The third-order valence-electron chi connectivity index (χ3n) is 5.92. The molecule has 2 fully saturated rings. The Bertz CT molecular complexity index is 730. The number of nitrogens with zero attached hydrogens (tertiary/aromatic N) is 2. The van der Waals surface area contributed by atoms with Crippen LogP contribution in [0.25, 0.3) is 0 Å². The summed E-state index contributed by atoms with van der Waals surface area (Å²) < 4.78 is 5.13. The molecule has 2 aliphatic rings. The molecular formula is C22H30N4O2. The number of rotatable bonds is 6. The average molecular weight is 383 g/mol. The topological polar surface area (TPSA) is 60.8 Å². The van der Waals surface area contributed by atoms with E-state index in [4.69, 9.17) is 4.42 Å². The molecule has 2 aliphatic heterocycles. The molecule has 6 heteroatoms. The summed E-state index contributed by atoms with van der Waals surface area (Å²) in [7, 11) is 0. The van der Waals surface area contributed by atoms with Crippen LogP contribution in [0.1, 0.15) is 29.8 Å². The highest BCUT2D eigenvalue weighted by molar-refractivity contribution is 6.02. The van der Waals surface area contributed by atoms with Gasteiger partial charge in [-0.15, -0.1) is 0 Å². The summed E-state index contributed by atoms with van der Waals surface area (Å²) in [5.74, 6) is 1.01. The zero-order chi connectivity index (χ0) is 19.2. The van der Waals surface area contributed by atoms with Gasteiger partial charge >= 0.3 is 0 Å². The Morgan fingerprint density at radius 1 is 1.07 bits per heavy atom. The van der Waals surface area contributed by atoms with Crippen molar-refractivity contribution in [3.05, 3.63) is 48.4 Å². The van der Waals surface area contributed by atoms with Gasteiger partial charge in [-0.25, -0.2) is 0 Å². The molecule has 1 aromatic carbocycles. The molecule has 1 amide bonds. The highest BCUT2D eigenvalue weighted by Gasteiger charge is 2.19. The summed E-state index contributed by atoms with van der Waals surface area (Å²) in [5, 5.41) is 6.32. The van der Waals surface area contributed by atoms with Crippen LogP contribution in [-0.2, 0) is 0 Å². The third kappa shape index (κ3) is 4.94. The van der Waals surface area contributed by atoms with Crippen molar-refractivity contribution in [1.82, 2.24) is 10.2 Å². The lowest BCUT2D eigenvalue weighted by Crippen LogP contribution is -2.47. The van der Waals surface area contributed by atoms with E-state index in [0.29, 0.717) is 5.76 Å². The predicted octanol–water partition coefficient (Wildman–Crippen LogP) is 3.04. The highest BCUT2D eigenvalue weighted by Crippen LogP contribution is 2.21. The first-order valence-electron chi connectivity index (χ1n) is 10.4. The summed E-state index contributed by atoms with van der Waals surface area (Å²) in [4.78, 5) is 17.1. The molecule has 0 bridgehead atoms. The van der Waals surface area contributed by atoms with Crippen molar-refractivity contribution in [3.63, 3.8) is 0 Å².